The molecular weight excluding hydrogens is 314 g/mol. The number of hydrogen-bond acceptors (Lipinski definition) is 3. The van der Waals surface area contributed by atoms with E-state index < -0.39 is 0 Å². The Kier molecular flexibility index (Phi) is 7.12. The SMILES string of the molecule is CCOc1ccc(NC(=O)N2CC(N(CC(C)C)CC(C)C)C2)cc1. The first-order valence-electron chi connectivity index (χ1n) is 9.41. The van der Waals surface area contributed by atoms with Crippen molar-refractivity contribution in [1.29, 1.82) is 0 Å². The van der Waals surface area contributed by atoms with Crippen LogP contribution in [0.5, 0.6) is 5.75 Å². The van der Waals surface area contributed by atoms with Crippen LogP contribution in [-0.4, -0.2) is 54.7 Å². The summed E-state index contributed by atoms with van der Waals surface area (Å²) in [5.41, 5.74) is 0.804. The minimum Gasteiger partial charge on any atom is -0.494 e. The number of urea groups is 1. The van der Waals surface area contributed by atoms with E-state index in [0.717, 1.165) is 37.6 Å². The topological polar surface area (TPSA) is 44.8 Å². The fourth-order valence-electron chi connectivity index (χ4n) is 3.17. The highest BCUT2D eigenvalue weighted by Gasteiger charge is 2.35. The summed E-state index contributed by atoms with van der Waals surface area (Å²) in [6.07, 6.45) is 0. The quantitative estimate of drug-likeness (QED) is 0.775. The van der Waals surface area contributed by atoms with Crippen LogP contribution in [0, 0.1) is 11.8 Å². The Morgan fingerprint density at radius 2 is 1.72 bits per heavy atom. The summed E-state index contributed by atoms with van der Waals surface area (Å²) < 4.78 is 5.42. The van der Waals surface area contributed by atoms with Crippen molar-refractivity contribution in [3.8, 4) is 5.75 Å². The monoisotopic (exact) mass is 347 g/mol. The third kappa shape index (κ3) is 5.92. The van der Waals surface area contributed by atoms with E-state index in [1.165, 1.54) is 0 Å². The molecule has 0 radical (unpaired) electrons. The fourth-order valence-corrected chi connectivity index (χ4v) is 3.17. The number of benzene rings is 1. The number of nitrogens with zero attached hydrogens (tertiary/aromatic N) is 2. The molecule has 1 N–H and O–H groups in total. The van der Waals surface area contributed by atoms with E-state index in [4.69, 9.17) is 4.74 Å². The second kappa shape index (κ2) is 9.09. The maximum absolute atomic E-state index is 12.4. The zero-order valence-corrected chi connectivity index (χ0v) is 16.3. The van der Waals surface area contributed by atoms with Crippen LogP contribution in [0.2, 0.25) is 0 Å². The highest BCUT2D eigenvalue weighted by atomic mass is 16.5. The molecule has 2 rings (SSSR count). The van der Waals surface area contributed by atoms with Gasteiger partial charge in [-0.05, 0) is 43.0 Å². The van der Waals surface area contributed by atoms with E-state index in [9.17, 15) is 4.79 Å². The third-order valence-electron chi connectivity index (χ3n) is 4.28. The Morgan fingerprint density at radius 1 is 1.16 bits per heavy atom. The predicted octanol–water partition coefficient (Wildman–Crippen LogP) is 3.92. The molecule has 0 unspecified atom stereocenters. The van der Waals surface area contributed by atoms with Crippen molar-refractivity contribution >= 4 is 11.7 Å². The zero-order chi connectivity index (χ0) is 18.4. The van der Waals surface area contributed by atoms with Crippen LogP contribution < -0.4 is 10.1 Å². The Morgan fingerprint density at radius 3 is 2.20 bits per heavy atom. The van der Waals surface area contributed by atoms with E-state index in [1.807, 2.05) is 36.1 Å². The lowest BCUT2D eigenvalue weighted by molar-refractivity contribution is 0.0464. The molecule has 1 aliphatic heterocycles. The van der Waals surface area contributed by atoms with Crippen LogP contribution in [-0.2, 0) is 0 Å². The van der Waals surface area contributed by atoms with Crippen molar-refractivity contribution < 1.29 is 9.53 Å². The lowest BCUT2D eigenvalue weighted by Gasteiger charge is -2.46. The maximum Gasteiger partial charge on any atom is 0.321 e. The molecule has 2 amide bonds. The number of hydrogen-bond donors (Lipinski definition) is 1. The van der Waals surface area contributed by atoms with Gasteiger partial charge in [-0.15, -0.1) is 0 Å². The molecule has 1 saturated heterocycles. The van der Waals surface area contributed by atoms with E-state index in [0.29, 0.717) is 24.5 Å². The van der Waals surface area contributed by atoms with Crippen molar-refractivity contribution in [2.75, 3.05) is 38.1 Å². The van der Waals surface area contributed by atoms with Gasteiger partial charge in [0.15, 0.2) is 0 Å². The molecule has 5 nitrogen and oxygen atoms in total. The molecule has 1 aromatic carbocycles. The van der Waals surface area contributed by atoms with Crippen LogP contribution in [0.4, 0.5) is 10.5 Å². The molecule has 1 fully saturated rings. The molecule has 0 aliphatic carbocycles. The number of amides is 2. The average molecular weight is 348 g/mol. The smallest absolute Gasteiger partial charge is 0.321 e. The number of carbonyl (C=O) groups excluding carboxylic acids is 1. The zero-order valence-electron chi connectivity index (χ0n) is 16.3. The summed E-state index contributed by atoms with van der Waals surface area (Å²) in [5, 5.41) is 2.97. The van der Waals surface area contributed by atoms with Gasteiger partial charge < -0.3 is 15.0 Å². The van der Waals surface area contributed by atoms with Crippen LogP contribution >= 0.6 is 0 Å². The standard InChI is InChI=1S/C20H33N3O2/c1-6-25-19-9-7-17(8-10-19)21-20(24)23-13-18(14-23)22(11-15(2)3)12-16(4)5/h7-10,15-16,18H,6,11-14H2,1-5H3,(H,21,24). The van der Waals surface area contributed by atoms with Gasteiger partial charge in [-0.1, -0.05) is 27.7 Å². The number of anilines is 1. The van der Waals surface area contributed by atoms with Crippen LogP contribution in [0.1, 0.15) is 34.6 Å². The maximum atomic E-state index is 12.4. The first-order chi connectivity index (χ1) is 11.9. The molecule has 1 aliphatic rings. The summed E-state index contributed by atoms with van der Waals surface area (Å²) >= 11 is 0. The van der Waals surface area contributed by atoms with Crippen molar-refractivity contribution in [3.05, 3.63) is 24.3 Å². The molecule has 0 atom stereocenters. The Balaban J connectivity index is 1.82. The van der Waals surface area contributed by atoms with E-state index in [1.54, 1.807) is 0 Å². The second-order valence-electron chi connectivity index (χ2n) is 7.69. The number of rotatable bonds is 8. The van der Waals surface area contributed by atoms with Gasteiger partial charge in [-0.25, -0.2) is 4.79 Å². The summed E-state index contributed by atoms with van der Waals surface area (Å²) in [5.74, 6) is 2.11. The Bertz CT molecular complexity index is 526. The lowest BCUT2D eigenvalue weighted by Crippen LogP contribution is -2.62. The first kappa shape index (κ1) is 19.6. The predicted molar refractivity (Wildman–Crippen MR) is 103 cm³/mol. The number of ether oxygens (including phenoxy) is 1. The van der Waals surface area contributed by atoms with Gasteiger partial charge in [0.1, 0.15) is 5.75 Å². The highest BCUT2D eigenvalue weighted by molar-refractivity contribution is 5.90. The number of carbonyl (C=O) groups is 1. The van der Waals surface area contributed by atoms with E-state index >= 15 is 0 Å². The normalized spacial score (nSPS) is 15.0. The summed E-state index contributed by atoms with van der Waals surface area (Å²) in [7, 11) is 0. The van der Waals surface area contributed by atoms with Gasteiger partial charge >= 0.3 is 6.03 Å². The Hall–Kier alpha value is -1.75. The summed E-state index contributed by atoms with van der Waals surface area (Å²) in [4.78, 5) is 16.8. The molecule has 0 saturated carbocycles. The van der Waals surface area contributed by atoms with Gasteiger partial charge in [0.05, 0.1) is 6.61 Å². The first-order valence-corrected chi connectivity index (χ1v) is 9.41. The molecular formula is C20H33N3O2. The highest BCUT2D eigenvalue weighted by Crippen LogP contribution is 2.21. The molecule has 0 aromatic heterocycles. The Labute approximate surface area is 152 Å². The fraction of sp³-hybridized carbons (Fsp3) is 0.650. The molecule has 1 aromatic rings. The minimum absolute atomic E-state index is 0.0190. The van der Waals surface area contributed by atoms with Gasteiger partial charge in [0.2, 0.25) is 0 Å². The van der Waals surface area contributed by atoms with Crippen molar-refractivity contribution in [2.24, 2.45) is 11.8 Å². The molecule has 25 heavy (non-hydrogen) atoms. The van der Waals surface area contributed by atoms with Crippen molar-refractivity contribution in [2.45, 2.75) is 40.7 Å². The van der Waals surface area contributed by atoms with Crippen LogP contribution in [0.15, 0.2) is 24.3 Å². The lowest BCUT2D eigenvalue weighted by atomic mass is 10.0. The van der Waals surface area contributed by atoms with E-state index in [-0.39, 0.29) is 6.03 Å². The number of likely N-dealkylation sites (tertiary alicyclic amines) is 1. The minimum atomic E-state index is -0.0190. The molecule has 140 valence electrons. The van der Waals surface area contributed by atoms with Gasteiger partial charge in [0, 0.05) is 37.9 Å². The van der Waals surface area contributed by atoms with Crippen molar-refractivity contribution in [3.63, 3.8) is 0 Å². The van der Waals surface area contributed by atoms with Gasteiger partial charge in [-0.3, -0.25) is 4.90 Å². The summed E-state index contributed by atoms with van der Waals surface area (Å²) in [6.45, 7) is 15.4. The summed E-state index contributed by atoms with van der Waals surface area (Å²) in [6, 6.07) is 7.98. The molecule has 0 bridgehead atoms. The van der Waals surface area contributed by atoms with Crippen LogP contribution in [0.3, 0.4) is 0 Å². The molecule has 5 heteroatoms. The number of nitrogens with one attached hydrogen (secondary N) is 1. The van der Waals surface area contributed by atoms with E-state index in [2.05, 4.69) is 37.9 Å². The second-order valence-corrected chi connectivity index (χ2v) is 7.69. The largest absolute Gasteiger partial charge is 0.494 e. The average Bonchev–Trinajstić information content (AvgIpc) is 2.46. The van der Waals surface area contributed by atoms with Gasteiger partial charge in [0.25, 0.3) is 0 Å². The van der Waals surface area contributed by atoms with Crippen LogP contribution in [0.25, 0.3) is 0 Å². The van der Waals surface area contributed by atoms with Crippen molar-refractivity contribution in [1.82, 2.24) is 9.80 Å². The third-order valence-corrected chi connectivity index (χ3v) is 4.28. The van der Waals surface area contributed by atoms with Gasteiger partial charge in [-0.2, -0.15) is 0 Å². The molecule has 1 heterocycles. The molecule has 0 spiro atoms.